The summed E-state index contributed by atoms with van der Waals surface area (Å²) in [6, 6.07) is 4.18. The lowest BCUT2D eigenvalue weighted by atomic mass is 9.86. The van der Waals surface area contributed by atoms with Crippen LogP contribution in [0.3, 0.4) is 0 Å². The molecule has 3 heteroatoms. The second-order valence-electron chi connectivity index (χ2n) is 5.64. The number of nitrogens with zero attached hydrogens (tertiary/aromatic N) is 1. The molecular weight excluding hydrogens is 234 g/mol. The Kier molecular flexibility index (Phi) is 4.45. The maximum Gasteiger partial charge on any atom is 0.141 e. The SMILES string of the molecule is COc1c(Cl)cc(C(C)(C)C)cc1CN(C)C. The van der Waals surface area contributed by atoms with Gasteiger partial charge in [-0.2, -0.15) is 0 Å². The van der Waals surface area contributed by atoms with E-state index >= 15 is 0 Å². The second kappa shape index (κ2) is 5.28. The highest BCUT2D eigenvalue weighted by Gasteiger charge is 2.18. The summed E-state index contributed by atoms with van der Waals surface area (Å²) in [6.45, 7) is 7.38. The molecule has 0 N–H and O–H groups in total. The maximum absolute atomic E-state index is 6.28. The van der Waals surface area contributed by atoms with Crippen LogP contribution >= 0.6 is 11.6 Å². The van der Waals surface area contributed by atoms with Crippen molar-refractivity contribution >= 4 is 11.6 Å². The van der Waals surface area contributed by atoms with Crippen LogP contribution in [-0.4, -0.2) is 26.1 Å². The van der Waals surface area contributed by atoms with Crippen LogP contribution in [0.25, 0.3) is 0 Å². The van der Waals surface area contributed by atoms with Crippen LogP contribution in [0, 0.1) is 0 Å². The van der Waals surface area contributed by atoms with E-state index in [9.17, 15) is 0 Å². The van der Waals surface area contributed by atoms with Crippen molar-refractivity contribution in [2.75, 3.05) is 21.2 Å². The van der Waals surface area contributed by atoms with E-state index in [0.717, 1.165) is 17.9 Å². The Morgan fingerprint density at radius 3 is 2.24 bits per heavy atom. The molecule has 1 aromatic rings. The summed E-state index contributed by atoms with van der Waals surface area (Å²) in [6.07, 6.45) is 0. The van der Waals surface area contributed by atoms with Crippen molar-refractivity contribution in [2.24, 2.45) is 0 Å². The number of rotatable bonds is 3. The third-order valence-corrected chi connectivity index (χ3v) is 2.96. The Labute approximate surface area is 110 Å². The lowest BCUT2D eigenvalue weighted by Gasteiger charge is -2.23. The normalized spacial score (nSPS) is 12.0. The number of hydrogen-bond donors (Lipinski definition) is 0. The highest BCUT2D eigenvalue weighted by molar-refractivity contribution is 6.32. The van der Waals surface area contributed by atoms with E-state index in [4.69, 9.17) is 16.3 Å². The van der Waals surface area contributed by atoms with Gasteiger partial charge in [0, 0.05) is 12.1 Å². The largest absolute Gasteiger partial charge is 0.495 e. The first-order chi connectivity index (χ1) is 7.75. The van der Waals surface area contributed by atoms with Gasteiger partial charge in [0.2, 0.25) is 0 Å². The lowest BCUT2D eigenvalue weighted by molar-refractivity contribution is 0.371. The molecule has 0 bridgehead atoms. The van der Waals surface area contributed by atoms with Crippen molar-refractivity contribution in [1.29, 1.82) is 0 Å². The van der Waals surface area contributed by atoms with E-state index in [-0.39, 0.29) is 5.41 Å². The number of benzene rings is 1. The van der Waals surface area contributed by atoms with E-state index < -0.39 is 0 Å². The number of halogens is 1. The van der Waals surface area contributed by atoms with Crippen molar-refractivity contribution in [1.82, 2.24) is 4.90 Å². The summed E-state index contributed by atoms with van der Waals surface area (Å²) in [5, 5.41) is 0.691. The number of ether oxygens (including phenoxy) is 1. The molecule has 0 aliphatic heterocycles. The molecule has 0 radical (unpaired) electrons. The summed E-state index contributed by atoms with van der Waals surface area (Å²) < 4.78 is 5.39. The molecule has 0 aliphatic carbocycles. The Morgan fingerprint density at radius 1 is 1.24 bits per heavy atom. The molecule has 0 saturated heterocycles. The highest BCUT2D eigenvalue weighted by Crippen LogP contribution is 2.35. The first kappa shape index (κ1) is 14.3. The predicted molar refractivity (Wildman–Crippen MR) is 74.1 cm³/mol. The Hall–Kier alpha value is -0.730. The summed E-state index contributed by atoms with van der Waals surface area (Å²) in [5.41, 5.74) is 2.46. The first-order valence-electron chi connectivity index (χ1n) is 5.77. The minimum Gasteiger partial charge on any atom is -0.495 e. The monoisotopic (exact) mass is 255 g/mol. The van der Waals surface area contributed by atoms with Crippen LogP contribution in [-0.2, 0) is 12.0 Å². The molecule has 2 nitrogen and oxygen atoms in total. The van der Waals surface area contributed by atoms with Crippen molar-refractivity contribution in [3.63, 3.8) is 0 Å². The molecule has 1 rings (SSSR count). The molecule has 0 atom stereocenters. The maximum atomic E-state index is 6.28. The number of methoxy groups -OCH3 is 1. The lowest BCUT2D eigenvalue weighted by Crippen LogP contribution is -2.15. The van der Waals surface area contributed by atoms with Gasteiger partial charge in [-0.3, -0.25) is 0 Å². The molecule has 96 valence electrons. The third kappa shape index (κ3) is 3.62. The first-order valence-corrected chi connectivity index (χ1v) is 6.15. The third-order valence-electron chi connectivity index (χ3n) is 2.68. The fraction of sp³-hybridized carbons (Fsp3) is 0.571. The van der Waals surface area contributed by atoms with Crippen LogP contribution in [0.2, 0.25) is 5.02 Å². The van der Waals surface area contributed by atoms with E-state index in [1.165, 1.54) is 5.56 Å². The van der Waals surface area contributed by atoms with Crippen LogP contribution in [0.5, 0.6) is 5.75 Å². The molecule has 0 spiro atoms. The fourth-order valence-electron chi connectivity index (χ4n) is 1.77. The van der Waals surface area contributed by atoms with E-state index in [1.807, 2.05) is 20.2 Å². The molecule has 0 unspecified atom stereocenters. The van der Waals surface area contributed by atoms with Crippen LogP contribution in [0.4, 0.5) is 0 Å². The molecule has 0 fully saturated rings. The van der Waals surface area contributed by atoms with Gasteiger partial charge in [0.15, 0.2) is 0 Å². The molecule has 1 aromatic carbocycles. The van der Waals surface area contributed by atoms with Gasteiger partial charge < -0.3 is 9.64 Å². The van der Waals surface area contributed by atoms with Crippen LogP contribution in [0.1, 0.15) is 31.9 Å². The van der Waals surface area contributed by atoms with Crippen molar-refractivity contribution in [2.45, 2.75) is 32.7 Å². The predicted octanol–water partition coefficient (Wildman–Crippen LogP) is 3.71. The average molecular weight is 256 g/mol. The molecule has 0 aromatic heterocycles. The number of hydrogen-bond acceptors (Lipinski definition) is 2. The molecule has 0 aliphatic rings. The van der Waals surface area contributed by atoms with E-state index in [2.05, 4.69) is 31.7 Å². The zero-order valence-corrected chi connectivity index (χ0v) is 12.4. The summed E-state index contributed by atoms with van der Waals surface area (Å²) in [7, 11) is 5.74. The molecule has 17 heavy (non-hydrogen) atoms. The molecule has 0 heterocycles. The van der Waals surface area contributed by atoms with Crippen molar-refractivity contribution < 1.29 is 4.74 Å². The topological polar surface area (TPSA) is 12.5 Å². The Bertz CT molecular complexity index is 394. The average Bonchev–Trinajstić information content (AvgIpc) is 2.14. The quantitative estimate of drug-likeness (QED) is 0.817. The van der Waals surface area contributed by atoms with Crippen molar-refractivity contribution in [3.05, 3.63) is 28.3 Å². The van der Waals surface area contributed by atoms with Gasteiger partial charge in [-0.15, -0.1) is 0 Å². The van der Waals surface area contributed by atoms with Gasteiger partial charge in [0.05, 0.1) is 12.1 Å². The summed E-state index contributed by atoms with van der Waals surface area (Å²) >= 11 is 6.28. The Balaban J connectivity index is 3.28. The van der Waals surface area contributed by atoms with Gasteiger partial charge in [-0.25, -0.2) is 0 Å². The second-order valence-corrected chi connectivity index (χ2v) is 6.05. The van der Waals surface area contributed by atoms with E-state index in [0.29, 0.717) is 5.02 Å². The summed E-state index contributed by atoms with van der Waals surface area (Å²) in [5.74, 6) is 0.786. The van der Waals surface area contributed by atoms with Crippen molar-refractivity contribution in [3.8, 4) is 5.75 Å². The smallest absolute Gasteiger partial charge is 0.141 e. The minimum atomic E-state index is 0.0942. The molecule has 0 amide bonds. The zero-order chi connectivity index (χ0) is 13.2. The minimum absolute atomic E-state index is 0.0942. The molecular formula is C14H22ClNO. The van der Waals surface area contributed by atoms with Crippen LogP contribution in [0.15, 0.2) is 12.1 Å². The summed E-state index contributed by atoms with van der Waals surface area (Å²) in [4.78, 5) is 2.11. The molecule has 0 saturated carbocycles. The van der Waals surface area contributed by atoms with Crippen LogP contribution < -0.4 is 4.74 Å². The van der Waals surface area contributed by atoms with Gasteiger partial charge in [0.25, 0.3) is 0 Å². The van der Waals surface area contributed by atoms with Gasteiger partial charge in [0.1, 0.15) is 5.75 Å². The highest BCUT2D eigenvalue weighted by atomic mass is 35.5. The van der Waals surface area contributed by atoms with E-state index in [1.54, 1.807) is 7.11 Å². The standard InChI is InChI=1S/C14H22ClNO/c1-14(2,3)11-7-10(9-16(4)5)13(17-6)12(15)8-11/h7-8H,9H2,1-6H3. The van der Waals surface area contributed by atoms with Gasteiger partial charge in [-0.1, -0.05) is 38.4 Å². The van der Waals surface area contributed by atoms with Gasteiger partial charge >= 0.3 is 0 Å². The Morgan fingerprint density at radius 2 is 1.82 bits per heavy atom. The zero-order valence-electron chi connectivity index (χ0n) is 11.6. The van der Waals surface area contributed by atoms with Gasteiger partial charge in [-0.05, 0) is 31.1 Å². The fourth-order valence-corrected chi connectivity index (χ4v) is 2.09.